The molecule has 0 heterocycles. The molecule has 2 atom stereocenters. The van der Waals surface area contributed by atoms with E-state index in [-0.39, 0.29) is 24.9 Å². The van der Waals surface area contributed by atoms with E-state index in [1.807, 2.05) is 13.8 Å². The second kappa shape index (κ2) is 29.4. The lowest BCUT2D eigenvalue weighted by atomic mass is 10.2. The molecule has 9 N–H and O–H groups in total. The molecule has 0 amide bonds. The Balaban J connectivity index is -0.000000947. The van der Waals surface area contributed by atoms with Crippen LogP contribution in [-0.2, 0) is 30.8 Å². The zero-order valence-corrected chi connectivity index (χ0v) is 44.1. The number of rotatable bonds is 29. The molecule has 0 rings (SSSR count). The Labute approximate surface area is 347 Å². The van der Waals surface area contributed by atoms with Crippen molar-refractivity contribution < 1.29 is 46.2 Å². The van der Waals surface area contributed by atoms with Crippen LogP contribution < -0.4 is 22.1 Å². The minimum Gasteiger partial charge on any atom is -0.481 e. The first-order valence-corrected chi connectivity index (χ1v) is 38.4. The molecule has 0 aliphatic carbocycles. The molecule has 0 aliphatic rings. The third-order valence-corrected chi connectivity index (χ3v) is 31.2. The van der Waals surface area contributed by atoms with Crippen molar-refractivity contribution in [3.8, 4) is 0 Å². The van der Waals surface area contributed by atoms with Gasteiger partial charge in [-0.1, -0.05) is 6.08 Å². The van der Waals surface area contributed by atoms with Crippen LogP contribution in [0, 0.1) is 0 Å². The molecule has 0 spiro atoms. The average molecular weight is 904 g/mol. The molecule has 334 valence electrons. The van der Waals surface area contributed by atoms with Gasteiger partial charge in [-0.2, -0.15) is 0 Å². The predicted molar refractivity (Wildman–Crippen MR) is 247 cm³/mol. The Hall–Kier alpha value is -0.869. The molecule has 0 aliphatic heterocycles. The summed E-state index contributed by atoms with van der Waals surface area (Å²) in [6.07, 6.45) is 6.87. The van der Waals surface area contributed by atoms with Crippen LogP contribution in [-0.4, -0.2) is 122 Å². The van der Waals surface area contributed by atoms with E-state index < -0.39 is 68.3 Å². The van der Waals surface area contributed by atoms with Gasteiger partial charge in [-0.3, -0.25) is 9.59 Å². The first-order chi connectivity index (χ1) is 25.3. The van der Waals surface area contributed by atoms with Crippen molar-refractivity contribution >= 4 is 68.3 Å². The molecule has 0 fully saturated rings. The van der Waals surface area contributed by atoms with Gasteiger partial charge in [0.25, 0.3) is 0 Å². The lowest BCUT2D eigenvalue weighted by molar-refractivity contribution is -0.138. The number of carbonyl (C=O) groups is 3. The van der Waals surface area contributed by atoms with E-state index in [0.717, 1.165) is 82.1 Å². The molecule has 0 aromatic rings. The Morgan fingerprint density at radius 1 is 0.554 bits per heavy atom. The fourth-order valence-electron chi connectivity index (χ4n) is 6.50. The number of nitrogens with one attached hydrogen (secondary N) is 2. The van der Waals surface area contributed by atoms with Gasteiger partial charge >= 0.3 is 35.0 Å². The molecular weight excluding hydrogens is 817 g/mol. The Morgan fingerprint density at radius 2 is 0.821 bits per heavy atom. The van der Waals surface area contributed by atoms with Crippen LogP contribution in [0.3, 0.4) is 0 Å². The number of hydrogen-bond acceptors (Lipinski definition) is 11. The summed E-state index contributed by atoms with van der Waals surface area (Å²) >= 11 is 0. The normalized spacial score (nSPS) is 14.0. The highest BCUT2D eigenvalue weighted by molar-refractivity contribution is 6.88. The fraction of sp³-hybridized carbons (Fsp3) is 0.861. The van der Waals surface area contributed by atoms with Gasteiger partial charge in [0.1, 0.15) is 0 Å². The topological polar surface area (TPSA) is 225 Å². The molecule has 0 radical (unpaired) electrons. The van der Waals surface area contributed by atoms with Crippen molar-refractivity contribution in [1.29, 1.82) is 0 Å². The zero-order chi connectivity index (χ0) is 44.4. The number of carboxylic acids is 3. The lowest BCUT2D eigenvalue weighted by Crippen LogP contribution is -2.52. The number of nitrogens with two attached hydrogens (primary N) is 2. The Morgan fingerprint density at radius 3 is 1.02 bits per heavy atom. The largest absolute Gasteiger partial charge is 0.481 e. The van der Waals surface area contributed by atoms with Crippen LogP contribution in [0.4, 0.5) is 0 Å². The standard InChI is InChI=1S/C20H46N2O6Si3.C12H34N2O2Si3.C4H6O2/c1-17(15-19(23)24)21-11-9-13-29(3,4)27-31(7,8)28-30(5,6)14-10-12-22-18(2)16-20(25)26;1-17(2,11-7-9-13)15-19(5,6)16-18(3,4)12-8-10-14;1-2-3-4(5)6/h17-18,21-22H,9-16H2,1-8H3,(H,23,24)(H,25,26);7-14H2,1-6H3;2-3H,1H3,(H,5,6)/b;;3-2+. The highest BCUT2D eigenvalue weighted by atomic mass is 28.5. The third-order valence-electron chi connectivity index (χ3n) is 8.22. The molecule has 0 bridgehead atoms. The summed E-state index contributed by atoms with van der Waals surface area (Å²) in [5, 5.41) is 32.0. The van der Waals surface area contributed by atoms with E-state index >= 15 is 0 Å². The van der Waals surface area contributed by atoms with Gasteiger partial charge in [0.2, 0.25) is 0 Å². The van der Waals surface area contributed by atoms with E-state index in [0.29, 0.717) is 0 Å². The van der Waals surface area contributed by atoms with E-state index in [4.69, 9.17) is 43.2 Å². The Kier molecular flexibility index (Phi) is 31.2. The highest BCUT2D eigenvalue weighted by Gasteiger charge is 2.40. The maximum atomic E-state index is 10.7. The van der Waals surface area contributed by atoms with Gasteiger partial charge in [0.15, 0.2) is 33.3 Å². The highest BCUT2D eigenvalue weighted by Crippen LogP contribution is 2.27. The SMILES string of the molecule is C/C=C/C(=O)O.CC(CC(=O)O)NCCC[Si](C)(C)O[Si](C)(C)O[Si](C)(C)CCCNC(C)CC(=O)O.C[Si](C)(CCCN)O[Si](C)(C)O[Si](C)(C)CCCN. The van der Waals surface area contributed by atoms with Crippen molar-refractivity contribution in [2.45, 2.75) is 174 Å². The van der Waals surface area contributed by atoms with Gasteiger partial charge in [0.05, 0.1) is 12.8 Å². The fourth-order valence-corrected chi connectivity index (χ4v) is 34.7. The smallest absolute Gasteiger partial charge is 0.327 e. The third kappa shape index (κ3) is 39.9. The van der Waals surface area contributed by atoms with E-state index in [2.05, 4.69) is 89.2 Å². The monoisotopic (exact) mass is 902 g/mol. The summed E-state index contributed by atoms with van der Waals surface area (Å²) in [5.74, 6) is -2.45. The maximum Gasteiger partial charge on any atom is 0.327 e. The van der Waals surface area contributed by atoms with Gasteiger partial charge in [-0.25, -0.2) is 4.79 Å². The minimum atomic E-state index is -2.25. The molecule has 2 unspecified atom stereocenters. The lowest BCUT2D eigenvalue weighted by Gasteiger charge is -2.39. The molecule has 0 saturated carbocycles. The van der Waals surface area contributed by atoms with Gasteiger partial charge in [-0.15, -0.1) is 0 Å². The summed E-state index contributed by atoms with van der Waals surface area (Å²) in [4.78, 5) is 31.0. The maximum absolute atomic E-state index is 10.7. The molecule has 56 heavy (non-hydrogen) atoms. The van der Waals surface area contributed by atoms with Crippen LogP contribution >= 0.6 is 0 Å². The van der Waals surface area contributed by atoms with E-state index in [1.165, 1.54) is 6.08 Å². The molecule has 20 heteroatoms. The van der Waals surface area contributed by atoms with Crippen molar-refractivity contribution in [3.05, 3.63) is 12.2 Å². The van der Waals surface area contributed by atoms with Crippen molar-refractivity contribution in [1.82, 2.24) is 10.6 Å². The summed E-state index contributed by atoms with van der Waals surface area (Å²) in [6, 6.07) is 4.21. The van der Waals surface area contributed by atoms with Crippen molar-refractivity contribution in [2.24, 2.45) is 11.5 Å². The number of carboxylic acid groups (broad SMARTS) is 3. The first kappa shape index (κ1) is 59.4. The average Bonchev–Trinajstić information content (AvgIpc) is 2.97. The quantitative estimate of drug-likeness (QED) is 0.0222. The van der Waals surface area contributed by atoms with Crippen LogP contribution in [0.1, 0.15) is 59.3 Å². The van der Waals surface area contributed by atoms with E-state index in [1.54, 1.807) is 6.92 Å². The Bertz CT molecular complexity index is 1060. The number of hydrogen-bond donors (Lipinski definition) is 7. The van der Waals surface area contributed by atoms with Crippen LogP contribution in [0.15, 0.2) is 12.2 Å². The molecular formula is C36H86N4O10Si6. The van der Waals surface area contributed by atoms with Gasteiger partial charge < -0.3 is 53.9 Å². The first-order valence-electron chi connectivity index (χ1n) is 20.3. The number of aliphatic carboxylic acids is 3. The summed E-state index contributed by atoms with van der Waals surface area (Å²) < 4.78 is 26.1. The van der Waals surface area contributed by atoms with Crippen molar-refractivity contribution in [3.63, 3.8) is 0 Å². The zero-order valence-electron chi connectivity index (χ0n) is 38.1. The second-order valence-electron chi connectivity index (χ2n) is 18.0. The van der Waals surface area contributed by atoms with Gasteiger partial charge in [-0.05, 0) is 175 Å². The summed E-state index contributed by atoms with van der Waals surface area (Å²) in [7, 11) is -11.3. The van der Waals surface area contributed by atoms with Crippen LogP contribution in [0.5, 0.6) is 0 Å². The molecule has 0 aromatic heterocycles. The molecule has 0 saturated heterocycles. The van der Waals surface area contributed by atoms with Crippen molar-refractivity contribution in [2.75, 3.05) is 26.2 Å². The van der Waals surface area contributed by atoms with Crippen LogP contribution in [0.25, 0.3) is 0 Å². The molecule has 0 aromatic carbocycles. The predicted octanol–water partition coefficient (Wildman–Crippen LogP) is 7.29. The summed E-state index contributed by atoms with van der Waals surface area (Å²) in [5.41, 5.74) is 11.2. The van der Waals surface area contributed by atoms with Gasteiger partial charge in [0, 0.05) is 18.2 Å². The number of allylic oxidation sites excluding steroid dienone is 1. The van der Waals surface area contributed by atoms with Crippen LogP contribution in [0.2, 0.25) is 103 Å². The second-order valence-corrected chi connectivity index (χ2v) is 42.9. The minimum absolute atomic E-state index is 0.0225. The summed E-state index contributed by atoms with van der Waals surface area (Å²) in [6.45, 7) is 35.2. The van der Waals surface area contributed by atoms with E-state index in [9.17, 15) is 14.4 Å². The molecule has 14 nitrogen and oxygen atoms in total.